The number of tetrazole rings is 1. The summed E-state index contributed by atoms with van der Waals surface area (Å²) < 4.78 is 43.1. The fourth-order valence-electron chi connectivity index (χ4n) is 2.46. The van der Waals surface area contributed by atoms with Gasteiger partial charge >= 0.3 is 12.2 Å². The minimum absolute atomic E-state index is 0.0917. The maximum absolute atomic E-state index is 12.5. The number of halogens is 3. The van der Waals surface area contributed by atoms with Crippen LogP contribution in [-0.4, -0.2) is 55.3 Å². The van der Waals surface area contributed by atoms with E-state index >= 15 is 0 Å². The van der Waals surface area contributed by atoms with Crippen LogP contribution in [0.1, 0.15) is 17.8 Å². The number of carbonyl (C=O) groups excluding carboxylic acids is 1. The van der Waals surface area contributed by atoms with Crippen LogP contribution in [-0.2, 0) is 19.8 Å². The Morgan fingerprint density at radius 1 is 1.42 bits per heavy atom. The standard InChI is InChI=1S/C14H16F3N7O2/c1-23-21-11(20-22-23)7-19-13(25)24-5-4-10(8-24)26-12-3-2-9(6-18-12)14(15,16)17/h2-3,6,10H,4-5,7-8H2,1H3,(H,19,25). The van der Waals surface area contributed by atoms with E-state index in [0.717, 1.165) is 12.3 Å². The number of aromatic nitrogens is 5. The molecule has 0 bridgehead atoms. The van der Waals surface area contributed by atoms with E-state index in [9.17, 15) is 18.0 Å². The van der Waals surface area contributed by atoms with Crippen molar-refractivity contribution >= 4 is 6.03 Å². The van der Waals surface area contributed by atoms with Gasteiger partial charge in [0.1, 0.15) is 6.10 Å². The predicted molar refractivity (Wildman–Crippen MR) is 80.9 cm³/mol. The number of hydrogen-bond acceptors (Lipinski definition) is 6. The Hall–Kier alpha value is -2.92. The summed E-state index contributed by atoms with van der Waals surface area (Å²) in [6.07, 6.45) is -3.49. The lowest BCUT2D eigenvalue weighted by Crippen LogP contribution is -2.39. The molecule has 1 saturated heterocycles. The molecule has 0 radical (unpaired) electrons. The molecule has 1 aliphatic heterocycles. The van der Waals surface area contributed by atoms with Gasteiger partial charge in [-0.25, -0.2) is 9.78 Å². The minimum atomic E-state index is -4.44. The first kappa shape index (κ1) is 17.9. The third kappa shape index (κ3) is 4.37. The van der Waals surface area contributed by atoms with E-state index in [1.807, 2.05) is 0 Å². The van der Waals surface area contributed by atoms with Crippen LogP contribution in [0.3, 0.4) is 0 Å². The van der Waals surface area contributed by atoms with Gasteiger partial charge in [0.05, 0.1) is 25.7 Å². The number of urea groups is 1. The second-order valence-electron chi connectivity index (χ2n) is 5.71. The number of nitrogens with zero attached hydrogens (tertiary/aromatic N) is 6. The molecule has 2 aromatic heterocycles. The van der Waals surface area contributed by atoms with Crippen LogP contribution >= 0.6 is 0 Å². The van der Waals surface area contributed by atoms with Crippen molar-refractivity contribution < 1.29 is 22.7 Å². The lowest BCUT2D eigenvalue weighted by atomic mass is 10.3. The molecule has 12 heteroatoms. The van der Waals surface area contributed by atoms with Crippen LogP contribution in [0.4, 0.5) is 18.0 Å². The average molecular weight is 371 g/mol. The summed E-state index contributed by atoms with van der Waals surface area (Å²) in [5.74, 6) is 0.482. The van der Waals surface area contributed by atoms with Crippen molar-refractivity contribution in [2.45, 2.75) is 25.2 Å². The molecule has 9 nitrogen and oxygen atoms in total. The third-order valence-corrected chi connectivity index (χ3v) is 3.73. The van der Waals surface area contributed by atoms with E-state index in [1.165, 1.54) is 10.9 Å². The van der Waals surface area contributed by atoms with Crippen molar-refractivity contribution in [2.24, 2.45) is 7.05 Å². The Morgan fingerprint density at radius 2 is 2.23 bits per heavy atom. The maximum Gasteiger partial charge on any atom is 0.417 e. The summed E-state index contributed by atoms with van der Waals surface area (Å²) >= 11 is 0. The van der Waals surface area contributed by atoms with E-state index in [4.69, 9.17) is 4.74 Å². The molecule has 3 rings (SSSR count). The van der Waals surface area contributed by atoms with Crippen LogP contribution in [0.2, 0.25) is 0 Å². The van der Waals surface area contributed by atoms with Gasteiger partial charge in [-0.05, 0) is 11.3 Å². The topological polar surface area (TPSA) is 98.1 Å². The van der Waals surface area contributed by atoms with Crippen LogP contribution < -0.4 is 10.1 Å². The normalized spacial score (nSPS) is 17.4. The van der Waals surface area contributed by atoms with Crippen molar-refractivity contribution in [3.63, 3.8) is 0 Å². The van der Waals surface area contributed by atoms with E-state index in [-0.39, 0.29) is 24.6 Å². The highest BCUT2D eigenvalue weighted by Crippen LogP contribution is 2.29. The summed E-state index contributed by atoms with van der Waals surface area (Å²) in [6.45, 7) is 0.919. The zero-order valence-corrected chi connectivity index (χ0v) is 13.8. The summed E-state index contributed by atoms with van der Waals surface area (Å²) in [5, 5.41) is 14.1. The summed E-state index contributed by atoms with van der Waals surface area (Å²) in [6, 6.07) is 1.78. The molecule has 0 spiro atoms. The number of alkyl halides is 3. The van der Waals surface area contributed by atoms with Gasteiger partial charge in [0.2, 0.25) is 5.88 Å². The number of pyridine rings is 1. The SMILES string of the molecule is Cn1nnc(CNC(=O)N2CCC(Oc3ccc(C(F)(F)F)cn3)C2)n1. The third-order valence-electron chi connectivity index (χ3n) is 3.73. The monoisotopic (exact) mass is 371 g/mol. The van der Waals surface area contributed by atoms with Crippen LogP contribution in [0.15, 0.2) is 18.3 Å². The van der Waals surface area contributed by atoms with Gasteiger partial charge in [-0.1, -0.05) is 0 Å². The molecular weight excluding hydrogens is 355 g/mol. The van der Waals surface area contributed by atoms with Crippen molar-refractivity contribution in [3.8, 4) is 5.88 Å². The fourth-order valence-corrected chi connectivity index (χ4v) is 2.46. The van der Waals surface area contributed by atoms with Crippen molar-refractivity contribution in [1.29, 1.82) is 0 Å². The molecule has 2 amide bonds. The second kappa shape index (κ2) is 7.14. The number of aryl methyl sites for hydroxylation is 1. The summed E-state index contributed by atoms with van der Waals surface area (Å²) in [7, 11) is 1.62. The van der Waals surface area contributed by atoms with Crippen LogP contribution in [0.25, 0.3) is 0 Å². The Kier molecular flexibility index (Phi) is 4.91. The number of ether oxygens (including phenoxy) is 1. The molecule has 140 valence electrons. The molecule has 1 aliphatic rings. The number of rotatable bonds is 4. The zero-order valence-electron chi connectivity index (χ0n) is 13.8. The van der Waals surface area contributed by atoms with Crippen molar-refractivity contribution in [3.05, 3.63) is 29.7 Å². The largest absolute Gasteiger partial charge is 0.472 e. The highest BCUT2D eigenvalue weighted by molar-refractivity contribution is 5.74. The number of hydrogen-bond donors (Lipinski definition) is 1. The summed E-state index contributed by atoms with van der Waals surface area (Å²) in [5.41, 5.74) is -0.838. The Morgan fingerprint density at radius 3 is 2.85 bits per heavy atom. The molecule has 26 heavy (non-hydrogen) atoms. The van der Waals surface area contributed by atoms with E-state index in [1.54, 1.807) is 11.9 Å². The zero-order chi connectivity index (χ0) is 18.7. The van der Waals surface area contributed by atoms with Crippen molar-refractivity contribution in [2.75, 3.05) is 13.1 Å². The quantitative estimate of drug-likeness (QED) is 0.861. The van der Waals surface area contributed by atoms with Gasteiger partial charge < -0.3 is 15.0 Å². The minimum Gasteiger partial charge on any atom is -0.472 e. The van der Waals surface area contributed by atoms with Gasteiger partial charge in [0.15, 0.2) is 5.82 Å². The molecule has 0 aromatic carbocycles. The van der Waals surface area contributed by atoms with Crippen LogP contribution in [0.5, 0.6) is 5.88 Å². The van der Waals surface area contributed by atoms with E-state index in [0.29, 0.717) is 25.3 Å². The molecule has 0 saturated carbocycles. The Balaban J connectivity index is 1.48. The smallest absolute Gasteiger partial charge is 0.417 e. The first-order chi connectivity index (χ1) is 12.3. The molecule has 3 heterocycles. The van der Waals surface area contributed by atoms with Gasteiger partial charge in [-0.3, -0.25) is 0 Å². The van der Waals surface area contributed by atoms with Crippen LogP contribution in [0, 0.1) is 0 Å². The van der Waals surface area contributed by atoms with Gasteiger partial charge in [-0.15, -0.1) is 10.2 Å². The highest BCUT2D eigenvalue weighted by Gasteiger charge is 2.31. The molecule has 1 fully saturated rings. The lowest BCUT2D eigenvalue weighted by molar-refractivity contribution is -0.137. The van der Waals surface area contributed by atoms with E-state index < -0.39 is 11.7 Å². The van der Waals surface area contributed by atoms with E-state index in [2.05, 4.69) is 25.7 Å². The Bertz CT molecular complexity index is 763. The maximum atomic E-state index is 12.5. The predicted octanol–water partition coefficient (Wildman–Crippen LogP) is 0.987. The van der Waals surface area contributed by atoms with Crippen molar-refractivity contribution in [1.82, 2.24) is 35.4 Å². The first-order valence-electron chi connectivity index (χ1n) is 7.77. The molecule has 1 atom stereocenters. The van der Waals surface area contributed by atoms with Gasteiger partial charge in [0, 0.05) is 25.2 Å². The number of nitrogens with one attached hydrogen (secondary N) is 1. The number of amides is 2. The second-order valence-corrected chi connectivity index (χ2v) is 5.71. The van der Waals surface area contributed by atoms with Gasteiger partial charge in [0.25, 0.3) is 0 Å². The summed E-state index contributed by atoms with van der Waals surface area (Å²) in [4.78, 5) is 18.6. The van der Waals surface area contributed by atoms with Gasteiger partial charge in [-0.2, -0.15) is 18.0 Å². The fraction of sp³-hybridized carbons (Fsp3) is 0.500. The molecule has 2 aromatic rings. The molecule has 0 aliphatic carbocycles. The Labute approximate surface area is 146 Å². The highest BCUT2D eigenvalue weighted by atomic mass is 19.4. The first-order valence-corrected chi connectivity index (χ1v) is 7.77. The number of carbonyl (C=O) groups is 1. The number of likely N-dealkylation sites (tertiary alicyclic amines) is 1. The molecule has 1 unspecified atom stereocenters. The molecular formula is C14H16F3N7O2. The average Bonchev–Trinajstić information content (AvgIpc) is 3.21. The molecule has 1 N–H and O–H groups in total. The lowest BCUT2D eigenvalue weighted by Gasteiger charge is -2.17.